The highest BCUT2D eigenvalue weighted by molar-refractivity contribution is 5.83. The van der Waals surface area contributed by atoms with Gasteiger partial charge in [-0.1, -0.05) is 30.3 Å². The summed E-state index contributed by atoms with van der Waals surface area (Å²) in [4.78, 5) is 23.2. The number of benzene rings is 1. The Hall–Kier alpha value is -2.08. The number of carboxylic acid groups (broad SMARTS) is 1. The molecule has 1 saturated carbocycles. The number of amides is 2. The number of carbonyl (C=O) groups excluding carboxylic acids is 1. The Bertz CT molecular complexity index is 484. The molecule has 0 radical (unpaired) electrons. The van der Waals surface area contributed by atoms with Crippen LogP contribution in [0.15, 0.2) is 30.3 Å². The lowest BCUT2D eigenvalue weighted by Crippen LogP contribution is -2.46. The molecule has 4 N–H and O–H groups in total. The lowest BCUT2D eigenvalue weighted by molar-refractivity contribution is -0.139. The largest absolute Gasteiger partial charge is 0.479 e. The Kier molecular flexibility index (Phi) is 5.16. The van der Waals surface area contributed by atoms with Crippen LogP contribution < -0.4 is 10.6 Å². The van der Waals surface area contributed by atoms with E-state index in [1.54, 1.807) is 30.3 Å². The summed E-state index contributed by atoms with van der Waals surface area (Å²) < 4.78 is 0. The highest BCUT2D eigenvalue weighted by Crippen LogP contribution is 2.18. The van der Waals surface area contributed by atoms with Crippen molar-refractivity contribution >= 4 is 12.0 Å². The molecule has 0 bridgehead atoms. The van der Waals surface area contributed by atoms with Crippen LogP contribution in [0.2, 0.25) is 0 Å². The van der Waals surface area contributed by atoms with Gasteiger partial charge in [-0.3, -0.25) is 0 Å². The highest BCUT2D eigenvalue weighted by atomic mass is 16.4. The third-order valence-electron chi connectivity index (χ3n) is 3.69. The summed E-state index contributed by atoms with van der Waals surface area (Å²) in [5.74, 6) is -1.10. The molecule has 1 aromatic rings. The van der Waals surface area contributed by atoms with E-state index >= 15 is 0 Å². The molecular weight excluding hydrogens is 272 g/mol. The average Bonchev–Trinajstić information content (AvgIpc) is 2.48. The van der Waals surface area contributed by atoms with Crippen molar-refractivity contribution in [2.45, 2.75) is 43.9 Å². The van der Waals surface area contributed by atoms with Crippen LogP contribution in [0.5, 0.6) is 0 Å². The van der Waals surface area contributed by atoms with Crippen molar-refractivity contribution in [3.8, 4) is 0 Å². The number of aliphatic hydroxyl groups is 1. The smallest absolute Gasteiger partial charge is 0.330 e. The number of hydrogen-bond donors (Lipinski definition) is 4. The summed E-state index contributed by atoms with van der Waals surface area (Å²) in [5.41, 5.74) is 0.527. The minimum atomic E-state index is -1.10. The fourth-order valence-electron chi connectivity index (χ4n) is 2.51. The summed E-state index contributed by atoms with van der Waals surface area (Å²) in [6.07, 6.45) is 2.44. The van der Waals surface area contributed by atoms with Gasteiger partial charge in [0, 0.05) is 6.04 Å². The Labute approximate surface area is 123 Å². The summed E-state index contributed by atoms with van der Waals surface area (Å²) >= 11 is 0. The number of carboxylic acids is 1. The molecule has 0 spiro atoms. The third kappa shape index (κ3) is 4.46. The fourth-order valence-corrected chi connectivity index (χ4v) is 2.51. The number of carbonyl (C=O) groups is 2. The van der Waals surface area contributed by atoms with E-state index in [4.69, 9.17) is 0 Å². The number of rotatable bonds is 4. The molecule has 0 unspecified atom stereocenters. The molecule has 0 saturated heterocycles. The number of urea groups is 1. The van der Waals surface area contributed by atoms with Gasteiger partial charge in [0.15, 0.2) is 6.04 Å². The first-order valence-electron chi connectivity index (χ1n) is 7.09. The van der Waals surface area contributed by atoms with Gasteiger partial charge in [0.1, 0.15) is 0 Å². The van der Waals surface area contributed by atoms with Gasteiger partial charge in [0.05, 0.1) is 6.10 Å². The third-order valence-corrected chi connectivity index (χ3v) is 3.69. The van der Waals surface area contributed by atoms with Gasteiger partial charge < -0.3 is 20.8 Å². The molecule has 2 amide bonds. The minimum absolute atomic E-state index is 0.0152. The van der Waals surface area contributed by atoms with Crippen molar-refractivity contribution in [2.75, 3.05) is 0 Å². The van der Waals surface area contributed by atoms with E-state index in [1.165, 1.54) is 0 Å². The van der Waals surface area contributed by atoms with Crippen LogP contribution in [0.4, 0.5) is 4.79 Å². The first kappa shape index (κ1) is 15.3. The molecule has 6 heteroatoms. The van der Waals surface area contributed by atoms with Crippen molar-refractivity contribution in [3.05, 3.63) is 35.9 Å². The summed E-state index contributed by atoms with van der Waals surface area (Å²) in [7, 11) is 0. The number of aliphatic carboxylic acids is 1. The molecule has 1 aliphatic carbocycles. The van der Waals surface area contributed by atoms with Crippen molar-refractivity contribution in [1.29, 1.82) is 0 Å². The van der Waals surface area contributed by atoms with E-state index in [2.05, 4.69) is 10.6 Å². The molecule has 114 valence electrons. The average molecular weight is 292 g/mol. The molecule has 0 aliphatic heterocycles. The maximum Gasteiger partial charge on any atom is 0.330 e. The number of hydrogen-bond acceptors (Lipinski definition) is 3. The van der Waals surface area contributed by atoms with Crippen molar-refractivity contribution in [1.82, 2.24) is 10.6 Å². The summed E-state index contributed by atoms with van der Waals surface area (Å²) in [6, 6.07) is 6.99. The molecule has 6 nitrogen and oxygen atoms in total. The van der Waals surface area contributed by atoms with Gasteiger partial charge in [0.25, 0.3) is 0 Å². The van der Waals surface area contributed by atoms with E-state index in [0.717, 1.165) is 0 Å². The van der Waals surface area contributed by atoms with Gasteiger partial charge in [-0.05, 0) is 31.2 Å². The zero-order valence-electron chi connectivity index (χ0n) is 11.7. The van der Waals surface area contributed by atoms with Gasteiger partial charge in [-0.15, -0.1) is 0 Å². The van der Waals surface area contributed by atoms with Crippen molar-refractivity contribution in [2.24, 2.45) is 0 Å². The maximum absolute atomic E-state index is 11.9. The number of aliphatic hydroxyl groups excluding tert-OH is 1. The maximum atomic E-state index is 11.9. The topological polar surface area (TPSA) is 98.7 Å². The molecule has 0 heterocycles. The Morgan fingerprint density at radius 1 is 1.10 bits per heavy atom. The normalized spacial score (nSPS) is 23.1. The molecule has 1 aromatic carbocycles. The van der Waals surface area contributed by atoms with Crippen LogP contribution in [0, 0.1) is 0 Å². The molecule has 1 aliphatic rings. The zero-order chi connectivity index (χ0) is 15.2. The molecule has 1 atom stereocenters. The van der Waals surface area contributed by atoms with Crippen molar-refractivity contribution < 1.29 is 19.8 Å². The van der Waals surface area contributed by atoms with E-state index in [9.17, 15) is 19.8 Å². The lowest BCUT2D eigenvalue weighted by Gasteiger charge is -2.27. The first-order valence-corrected chi connectivity index (χ1v) is 7.09. The molecule has 2 rings (SSSR count). The van der Waals surface area contributed by atoms with E-state index in [-0.39, 0.29) is 12.1 Å². The zero-order valence-corrected chi connectivity index (χ0v) is 11.7. The predicted octanol–water partition coefficient (Wildman–Crippen LogP) is 1.41. The molecular formula is C15H20N2O4. The molecule has 1 fully saturated rings. The van der Waals surface area contributed by atoms with Gasteiger partial charge in [-0.25, -0.2) is 9.59 Å². The van der Waals surface area contributed by atoms with Gasteiger partial charge in [0.2, 0.25) is 0 Å². The summed E-state index contributed by atoms with van der Waals surface area (Å²) in [6.45, 7) is 0. The predicted molar refractivity (Wildman–Crippen MR) is 76.7 cm³/mol. The second-order valence-electron chi connectivity index (χ2n) is 5.31. The van der Waals surface area contributed by atoms with Gasteiger partial charge >= 0.3 is 12.0 Å². The van der Waals surface area contributed by atoms with E-state index in [0.29, 0.717) is 31.2 Å². The first-order chi connectivity index (χ1) is 10.1. The summed E-state index contributed by atoms with van der Waals surface area (Å²) in [5, 5.41) is 23.9. The fraction of sp³-hybridized carbons (Fsp3) is 0.467. The van der Waals surface area contributed by atoms with Crippen LogP contribution in [0.3, 0.4) is 0 Å². The molecule has 0 aromatic heterocycles. The number of nitrogens with one attached hydrogen (secondary N) is 2. The van der Waals surface area contributed by atoms with Crippen LogP contribution >= 0.6 is 0 Å². The van der Waals surface area contributed by atoms with E-state index < -0.39 is 18.0 Å². The van der Waals surface area contributed by atoms with Crippen LogP contribution in [0.1, 0.15) is 37.3 Å². The highest BCUT2D eigenvalue weighted by Gasteiger charge is 2.25. The van der Waals surface area contributed by atoms with Crippen LogP contribution in [-0.4, -0.2) is 34.4 Å². The Morgan fingerprint density at radius 2 is 1.71 bits per heavy atom. The van der Waals surface area contributed by atoms with E-state index in [1.807, 2.05) is 0 Å². The minimum Gasteiger partial charge on any atom is -0.479 e. The Morgan fingerprint density at radius 3 is 2.29 bits per heavy atom. The molecule has 21 heavy (non-hydrogen) atoms. The van der Waals surface area contributed by atoms with Crippen LogP contribution in [-0.2, 0) is 4.79 Å². The second-order valence-corrected chi connectivity index (χ2v) is 5.31. The monoisotopic (exact) mass is 292 g/mol. The van der Waals surface area contributed by atoms with Crippen LogP contribution in [0.25, 0.3) is 0 Å². The Balaban J connectivity index is 1.91. The SMILES string of the molecule is O=C(NC1CCC(O)CC1)N[C@@H](C(=O)O)c1ccccc1. The van der Waals surface area contributed by atoms with Gasteiger partial charge in [-0.2, -0.15) is 0 Å². The van der Waals surface area contributed by atoms with Crippen molar-refractivity contribution in [3.63, 3.8) is 0 Å². The standard InChI is InChI=1S/C15H20N2O4/c18-12-8-6-11(7-9-12)16-15(21)17-13(14(19)20)10-4-2-1-3-5-10/h1-5,11-13,18H,6-9H2,(H,19,20)(H2,16,17,21)/t11?,12?,13-/m1/s1. The quantitative estimate of drug-likeness (QED) is 0.674. The second kappa shape index (κ2) is 7.08. The lowest BCUT2D eigenvalue weighted by atomic mass is 9.93.